The monoisotopic (exact) mass is 501 g/mol. The number of methoxy groups -OCH3 is 1. The average molecular weight is 504 g/mol. The third-order valence-corrected chi connectivity index (χ3v) is 5.57. The zero-order valence-electron chi connectivity index (χ0n) is 13.8. The molecular formula is C16H9Cl6N3O3. The summed E-state index contributed by atoms with van der Waals surface area (Å²) in [5.41, 5.74) is 0.761. The van der Waals surface area contributed by atoms with Crippen LogP contribution >= 0.6 is 69.6 Å². The summed E-state index contributed by atoms with van der Waals surface area (Å²) in [6, 6.07) is 7.02. The van der Waals surface area contributed by atoms with Crippen LogP contribution in [-0.2, 0) is 18.3 Å². The van der Waals surface area contributed by atoms with Crippen molar-refractivity contribution in [3.63, 3.8) is 0 Å². The Kier molecular flexibility index (Phi) is 7.53. The van der Waals surface area contributed by atoms with Crippen molar-refractivity contribution in [3.8, 4) is 5.75 Å². The molecule has 0 fully saturated rings. The van der Waals surface area contributed by atoms with Gasteiger partial charge >= 0.3 is 0 Å². The molecule has 0 atom stereocenters. The third-order valence-electron chi connectivity index (χ3n) is 3.25. The minimum atomic E-state index is -2.33. The van der Waals surface area contributed by atoms with E-state index in [0.717, 1.165) is 5.56 Å². The second-order valence-corrected chi connectivity index (χ2v) is 8.48. The van der Waals surface area contributed by atoms with Crippen molar-refractivity contribution < 1.29 is 14.3 Å². The number of hydrogen-bond acceptors (Lipinski definition) is 6. The summed E-state index contributed by atoms with van der Waals surface area (Å²) in [6.07, 6.45) is 3.06. The number of aromatic nitrogens is 3. The molecule has 0 unspecified atom stereocenters. The van der Waals surface area contributed by atoms with Crippen LogP contribution in [0, 0.1) is 0 Å². The highest BCUT2D eigenvalue weighted by Crippen LogP contribution is 2.38. The molecule has 1 aromatic carbocycles. The van der Waals surface area contributed by atoms with Crippen molar-refractivity contribution in [2.45, 2.75) is 8.67 Å². The number of carbonyl (C=O) groups excluding carboxylic acids is 2. The van der Waals surface area contributed by atoms with Crippen molar-refractivity contribution in [2.75, 3.05) is 7.11 Å². The Morgan fingerprint density at radius 2 is 1.32 bits per heavy atom. The van der Waals surface area contributed by atoms with Crippen LogP contribution in [0.15, 0.2) is 24.3 Å². The maximum atomic E-state index is 11.5. The first-order valence-electron chi connectivity index (χ1n) is 7.23. The Bertz CT molecular complexity index is 887. The number of alkyl halides is 4. The maximum absolute atomic E-state index is 11.5. The van der Waals surface area contributed by atoms with E-state index in [4.69, 9.17) is 74.3 Å². The number of benzene rings is 1. The Labute approximate surface area is 189 Å². The third kappa shape index (κ3) is 5.26. The molecule has 148 valence electrons. The van der Waals surface area contributed by atoms with Gasteiger partial charge in [-0.1, -0.05) is 64.6 Å². The van der Waals surface area contributed by atoms with Crippen LogP contribution in [0.4, 0.5) is 0 Å². The molecule has 0 aliphatic carbocycles. The molecule has 0 spiro atoms. The number of halogens is 6. The van der Waals surface area contributed by atoms with Crippen molar-refractivity contribution >= 4 is 92.2 Å². The lowest BCUT2D eigenvalue weighted by atomic mass is 10.2. The molecule has 12 heteroatoms. The standard InChI is InChI=1S/C16H9Cl6N3O3/c1-28-9-5-2-8(3-6-9)4-7-10-23-13(15(19,20)11(17)26)25-14(24-10)16(21,22)12(18)27/h2-7H,1H3/b7-4+. The number of rotatable bonds is 7. The molecule has 0 radical (unpaired) electrons. The molecule has 28 heavy (non-hydrogen) atoms. The van der Waals surface area contributed by atoms with E-state index in [9.17, 15) is 9.59 Å². The van der Waals surface area contributed by atoms with E-state index in [0.29, 0.717) is 5.75 Å². The first kappa shape index (κ1) is 23.1. The van der Waals surface area contributed by atoms with Crippen LogP contribution in [0.5, 0.6) is 5.75 Å². The van der Waals surface area contributed by atoms with E-state index >= 15 is 0 Å². The Balaban J connectivity index is 2.54. The van der Waals surface area contributed by atoms with Crippen LogP contribution in [0.25, 0.3) is 12.2 Å². The fourth-order valence-corrected chi connectivity index (χ4v) is 2.32. The molecule has 0 aliphatic rings. The van der Waals surface area contributed by atoms with Gasteiger partial charge in [0.1, 0.15) is 5.75 Å². The van der Waals surface area contributed by atoms with E-state index in [-0.39, 0.29) is 5.82 Å². The highest BCUT2D eigenvalue weighted by Gasteiger charge is 2.43. The molecule has 2 aromatic rings. The van der Waals surface area contributed by atoms with E-state index in [1.165, 1.54) is 6.08 Å². The minimum Gasteiger partial charge on any atom is -0.497 e. The summed E-state index contributed by atoms with van der Waals surface area (Å²) in [5.74, 6) is -0.327. The summed E-state index contributed by atoms with van der Waals surface area (Å²) in [6.45, 7) is 0. The van der Waals surface area contributed by atoms with E-state index in [2.05, 4.69) is 15.0 Å². The summed E-state index contributed by atoms with van der Waals surface area (Å²) in [5, 5.41) is -2.35. The SMILES string of the molecule is COc1ccc(/C=C/c2nc(C(Cl)(Cl)C(=O)Cl)nc(C(Cl)(Cl)C(=O)Cl)n2)cc1. The number of hydrogen-bond donors (Lipinski definition) is 0. The van der Waals surface area contributed by atoms with Gasteiger partial charge in [-0.05, 0) is 47.0 Å². The summed E-state index contributed by atoms with van der Waals surface area (Å²) in [7, 11) is 1.55. The van der Waals surface area contributed by atoms with Gasteiger partial charge in [0, 0.05) is 0 Å². The minimum absolute atomic E-state index is 0.0528. The van der Waals surface area contributed by atoms with Crippen molar-refractivity contribution in [1.29, 1.82) is 0 Å². The van der Waals surface area contributed by atoms with Crippen LogP contribution in [0.3, 0.4) is 0 Å². The number of carbonyl (C=O) groups is 2. The molecule has 1 aromatic heterocycles. The maximum Gasteiger partial charge on any atom is 0.265 e. The highest BCUT2D eigenvalue weighted by atomic mass is 35.5. The number of nitrogens with zero attached hydrogens (tertiary/aromatic N) is 3. The van der Waals surface area contributed by atoms with Gasteiger partial charge in [0.15, 0.2) is 17.5 Å². The van der Waals surface area contributed by atoms with Gasteiger partial charge < -0.3 is 4.74 Å². The van der Waals surface area contributed by atoms with Crippen LogP contribution in [-0.4, -0.2) is 32.5 Å². The molecular weight excluding hydrogens is 495 g/mol. The Morgan fingerprint density at radius 1 is 0.857 bits per heavy atom. The van der Waals surface area contributed by atoms with Crippen LogP contribution < -0.4 is 4.74 Å². The van der Waals surface area contributed by atoms with Gasteiger partial charge in [-0.15, -0.1) is 0 Å². The first-order chi connectivity index (χ1) is 13.0. The number of ether oxygens (including phenoxy) is 1. The molecule has 0 saturated heterocycles. The zero-order valence-corrected chi connectivity index (χ0v) is 18.3. The van der Waals surface area contributed by atoms with Crippen LogP contribution in [0.2, 0.25) is 0 Å². The molecule has 0 amide bonds. The topological polar surface area (TPSA) is 82.0 Å². The zero-order chi connectivity index (χ0) is 21.1. The van der Waals surface area contributed by atoms with Crippen LogP contribution in [0.1, 0.15) is 23.0 Å². The van der Waals surface area contributed by atoms with Gasteiger partial charge in [-0.3, -0.25) is 9.59 Å². The fraction of sp³-hybridized carbons (Fsp3) is 0.188. The molecule has 0 aliphatic heterocycles. The summed E-state index contributed by atoms with van der Waals surface area (Å²) < 4.78 is 0.414. The lowest BCUT2D eigenvalue weighted by Crippen LogP contribution is -2.28. The molecule has 0 N–H and O–H groups in total. The lowest BCUT2D eigenvalue weighted by Gasteiger charge is -2.18. The predicted octanol–water partition coefficient (Wildman–Crippen LogP) is 4.84. The van der Waals surface area contributed by atoms with Crippen molar-refractivity contribution in [1.82, 2.24) is 15.0 Å². The average Bonchev–Trinajstić information content (AvgIpc) is 2.66. The van der Waals surface area contributed by atoms with Crippen molar-refractivity contribution in [3.05, 3.63) is 47.3 Å². The predicted molar refractivity (Wildman–Crippen MR) is 110 cm³/mol. The second-order valence-electron chi connectivity index (χ2n) is 5.14. The van der Waals surface area contributed by atoms with E-state index in [1.807, 2.05) is 0 Å². The normalized spacial score (nSPS) is 12.2. The summed E-state index contributed by atoms with van der Waals surface area (Å²) in [4.78, 5) is 34.8. The Hall–Kier alpha value is -1.15. The van der Waals surface area contributed by atoms with Gasteiger partial charge in [0.05, 0.1) is 7.11 Å². The molecule has 1 heterocycles. The van der Waals surface area contributed by atoms with E-state index < -0.39 is 30.8 Å². The fourth-order valence-electron chi connectivity index (χ4n) is 1.81. The van der Waals surface area contributed by atoms with Gasteiger partial charge in [0.2, 0.25) is 8.67 Å². The van der Waals surface area contributed by atoms with Gasteiger partial charge in [-0.2, -0.15) is 0 Å². The van der Waals surface area contributed by atoms with Gasteiger partial charge in [-0.25, -0.2) is 15.0 Å². The second kappa shape index (κ2) is 9.11. The molecule has 2 rings (SSSR count). The van der Waals surface area contributed by atoms with Crippen molar-refractivity contribution in [2.24, 2.45) is 0 Å². The molecule has 6 nitrogen and oxygen atoms in total. The van der Waals surface area contributed by atoms with E-state index in [1.54, 1.807) is 37.5 Å². The Morgan fingerprint density at radius 3 is 1.71 bits per heavy atom. The van der Waals surface area contributed by atoms with Gasteiger partial charge in [0.25, 0.3) is 10.5 Å². The highest BCUT2D eigenvalue weighted by molar-refractivity contribution is 6.78. The smallest absolute Gasteiger partial charge is 0.265 e. The molecule has 0 bridgehead atoms. The lowest BCUT2D eigenvalue weighted by molar-refractivity contribution is -0.113. The molecule has 0 saturated carbocycles. The largest absolute Gasteiger partial charge is 0.497 e. The quantitative estimate of drug-likeness (QED) is 0.397. The summed E-state index contributed by atoms with van der Waals surface area (Å²) >= 11 is 34.4. The first-order valence-corrected chi connectivity index (χ1v) is 9.50.